The van der Waals surface area contributed by atoms with Gasteiger partial charge in [0.2, 0.25) is 5.91 Å². The van der Waals surface area contributed by atoms with Gasteiger partial charge in [-0.25, -0.2) is 4.79 Å². The third-order valence-electron chi connectivity index (χ3n) is 5.33. The molecule has 32 heavy (non-hydrogen) atoms. The van der Waals surface area contributed by atoms with E-state index in [0.29, 0.717) is 47.9 Å². The van der Waals surface area contributed by atoms with E-state index in [-0.39, 0.29) is 17.9 Å². The Morgan fingerprint density at radius 3 is 2.56 bits per heavy atom. The van der Waals surface area contributed by atoms with Crippen molar-refractivity contribution < 1.29 is 33.3 Å². The standard InChI is InChI=1S/C23H27NO7S/c1-5-31-15-9-6-13(12-16(15)28-2)7-11-18(25)24-21-20(23(27)30-4)19-14(22(26)29-3)8-10-17(19)32-21/h6,9,12,14H,5,7-8,10-11H2,1-4H3,(H,24,25). The normalized spacial score (nSPS) is 14.4. The van der Waals surface area contributed by atoms with Gasteiger partial charge in [-0.3, -0.25) is 9.59 Å². The van der Waals surface area contributed by atoms with Gasteiger partial charge in [-0.15, -0.1) is 11.3 Å². The summed E-state index contributed by atoms with van der Waals surface area (Å²) in [4.78, 5) is 38.2. The Kier molecular flexibility index (Phi) is 7.74. The highest BCUT2D eigenvalue weighted by Gasteiger charge is 2.38. The summed E-state index contributed by atoms with van der Waals surface area (Å²) in [5, 5.41) is 3.24. The maximum Gasteiger partial charge on any atom is 0.341 e. The van der Waals surface area contributed by atoms with E-state index in [1.54, 1.807) is 7.11 Å². The smallest absolute Gasteiger partial charge is 0.341 e. The van der Waals surface area contributed by atoms with Gasteiger partial charge >= 0.3 is 11.9 Å². The highest BCUT2D eigenvalue weighted by molar-refractivity contribution is 7.17. The molecule has 1 aliphatic carbocycles. The first-order chi connectivity index (χ1) is 15.4. The highest BCUT2D eigenvalue weighted by Crippen LogP contribution is 2.46. The largest absolute Gasteiger partial charge is 0.493 e. The van der Waals surface area contributed by atoms with Crippen LogP contribution < -0.4 is 14.8 Å². The molecule has 9 heteroatoms. The molecule has 8 nitrogen and oxygen atoms in total. The zero-order chi connectivity index (χ0) is 23.3. The highest BCUT2D eigenvalue weighted by atomic mass is 32.1. The van der Waals surface area contributed by atoms with E-state index in [2.05, 4.69) is 5.32 Å². The Morgan fingerprint density at radius 1 is 1.12 bits per heavy atom. The summed E-state index contributed by atoms with van der Waals surface area (Å²) in [6.45, 7) is 2.43. The Balaban J connectivity index is 1.74. The van der Waals surface area contributed by atoms with Gasteiger partial charge < -0.3 is 24.3 Å². The Hall–Kier alpha value is -3.07. The predicted molar refractivity (Wildman–Crippen MR) is 120 cm³/mol. The summed E-state index contributed by atoms with van der Waals surface area (Å²) in [5.74, 6) is -0.473. The number of methoxy groups -OCH3 is 3. The number of ether oxygens (including phenoxy) is 4. The molecule has 1 aliphatic rings. The Labute approximate surface area is 190 Å². The van der Waals surface area contributed by atoms with Crippen LogP contribution in [0.1, 0.15) is 52.0 Å². The van der Waals surface area contributed by atoms with Gasteiger partial charge in [0.15, 0.2) is 11.5 Å². The summed E-state index contributed by atoms with van der Waals surface area (Å²) < 4.78 is 20.7. The molecule has 3 rings (SSSR count). The minimum Gasteiger partial charge on any atom is -0.493 e. The predicted octanol–water partition coefficient (Wildman–Crippen LogP) is 3.72. The van der Waals surface area contributed by atoms with Crippen LogP contribution in [0.4, 0.5) is 5.00 Å². The summed E-state index contributed by atoms with van der Waals surface area (Å²) in [6.07, 6.45) is 1.91. The second kappa shape index (κ2) is 10.5. The summed E-state index contributed by atoms with van der Waals surface area (Å²) in [6, 6.07) is 5.56. The monoisotopic (exact) mass is 461 g/mol. The molecule has 0 radical (unpaired) electrons. The van der Waals surface area contributed by atoms with Gasteiger partial charge in [-0.1, -0.05) is 6.07 Å². The number of benzene rings is 1. The molecule has 1 N–H and O–H groups in total. The lowest BCUT2D eigenvalue weighted by Gasteiger charge is -2.12. The van der Waals surface area contributed by atoms with Crippen LogP contribution >= 0.6 is 11.3 Å². The van der Waals surface area contributed by atoms with Crippen LogP contribution in [0.3, 0.4) is 0 Å². The number of carbonyl (C=O) groups is 3. The van der Waals surface area contributed by atoms with Gasteiger partial charge in [0.05, 0.1) is 39.4 Å². The fourth-order valence-electron chi connectivity index (χ4n) is 3.82. The summed E-state index contributed by atoms with van der Waals surface area (Å²) in [7, 11) is 4.17. The lowest BCUT2D eigenvalue weighted by molar-refractivity contribution is -0.142. The number of carbonyl (C=O) groups excluding carboxylic acids is 3. The molecule has 0 saturated carbocycles. The minimum atomic E-state index is -0.579. The van der Waals surface area contributed by atoms with E-state index in [1.165, 1.54) is 25.6 Å². The van der Waals surface area contributed by atoms with Gasteiger partial charge in [0.25, 0.3) is 0 Å². The number of aryl methyl sites for hydroxylation is 2. The van der Waals surface area contributed by atoms with Crippen molar-refractivity contribution in [3.63, 3.8) is 0 Å². The topological polar surface area (TPSA) is 100 Å². The molecule has 0 bridgehead atoms. The number of hydrogen-bond donors (Lipinski definition) is 1. The second-order valence-corrected chi connectivity index (χ2v) is 8.32. The fraction of sp³-hybridized carbons (Fsp3) is 0.435. The van der Waals surface area contributed by atoms with Gasteiger partial charge in [0.1, 0.15) is 5.00 Å². The number of nitrogens with one attached hydrogen (secondary N) is 1. The number of hydrogen-bond acceptors (Lipinski definition) is 8. The SMILES string of the molecule is CCOc1ccc(CCC(=O)Nc2sc3c(c2C(=O)OC)C(C(=O)OC)CC3)cc1OC. The van der Waals surface area contributed by atoms with Crippen molar-refractivity contribution in [2.75, 3.05) is 33.3 Å². The van der Waals surface area contributed by atoms with Crippen LogP contribution in [0.25, 0.3) is 0 Å². The number of fused-ring (bicyclic) bond motifs is 1. The first-order valence-corrected chi connectivity index (χ1v) is 11.2. The molecule has 1 heterocycles. The molecule has 1 atom stereocenters. The molecule has 1 aromatic carbocycles. The first kappa shape index (κ1) is 23.6. The van der Waals surface area contributed by atoms with E-state index < -0.39 is 17.9 Å². The van der Waals surface area contributed by atoms with Crippen LogP contribution in [0.5, 0.6) is 11.5 Å². The first-order valence-electron chi connectivity index (χ1n) is 10.3. The van der Waals surface area contributed by atoms with Crippen LogP contribution in [0.15, 0.2) is 18.2 Å². The molecule has 0 spiro atoms. The number of amides is 1. The minimum absolute atomic E-state index is 0.209. The lowest BCUT2D eigenvalue weighted by atomic mass is 9.99. The van der Waals surface area contributed by atoms with E-state index in [0.717, 1.165) is 10.4 Å². The number of anilines is 1. The molecule has 0 fully saturated rings. The van der Waals surface area contributed by atoms with Gasteiger partial charge in [-0.05, 0) is 49.4 Å². The van der Waals surface area contributed by atoms with Crippen molar-refractivity contribution in [2.45, 2.75) is 38.5 Å². The average molecular weight is 462 g/mol. The van der Waals surface area contributed by atoms with Crippen molar-refractivity contribution >= 4 is 34.2 Å². The quantitative estimate of drug-likeness (QED) is 0.568. The summed E-state index contributed by atoms with van der Waals surface area (Å²) in [5.41, 5.74) is 1.78. The van der Waals surface area contributed by atoms with Gasteiger partial charge in [-0.2, -0.15) is 0 Å². The Bertz CT molecular complexity index is 1010. The molecule has 0 saturated heterocycles. The zero-order valence-corrected chi connectivity index (χ0v) is 19.4. The van der Waals surface area contributed by atoms with Crippen LogP contribution in [-0.2, 0) is 31.9 Å². The Morgan fingerprint density at radius 2 is 1.91 bits per heavy atom. The third-order valence-corrected chi connectivity index (χ3v) is 6.51. The maximum atomic E-state index is 12.7. The molecule has 0 aliphatic heterocycles. The number of thiophene rings is 1. The molecule has 172 valence electrons. The molecule has 2 aromatic rings. The van der Waals surface area contributed by atoms with E-state index in [1.807, 2.05) is 25.1 Å². The maximum absolute atomic E-state index is 12.7. The summed E-state index contributed by atoms with van der Waals surface area (Å²) >= 11 is 1.31. The van der Waals surface area contributed by atoms with E-state index in [9.17, 15) is 14.4 Å². The number of rotatable bonds is 9. The average Bonchev–Trinajstić information content (AvgIpc) is 3.36. The second-order valence-electron chi connectivity index (χ2n) is 7.22. The molecular formula is C23H27NO7S. The van der Waals surface area contributed by atoms with Crippen LogP contribution in [-0.4, -0.2) is 45.8 Å². The molecule has 1 unspecified atom stereocenters. The van der Waals surface area contributed by atoms with Crippen molar-refractivity contribution in [1.29, 1.82) is 0 Å². The van der Waals surface area contributed by atoms with Crippen LogP contribution in [0, 0.1) is 0 Å². The molecular weight excluding hydrogens is 434 g/mol. The van der Waals surface area contributed by atoms with E-state index >= 15 is 0 Å². The van der Waals surface area contributed by atoms with Crippen molar-refractivity contribution in [3.8, 4) is 11.5 Å². The zero-order valence-electron chi connectivity index (χ0n) is 18.6. The van der Waals surface area contributed by atoms with Crippen molar-refractivity contribution in [2.24, 2.45) is 0 Å². The van der Waals surface area contributed by atoms with Crippen LogP contribution in [0.2, 0.25) is 0 Å². The third kappa shape index (κ3) is 4.88. The number of esters is 2. The fourth-order valence-corrected chi connectivity index (χ4v) is 5.11. The molecule has 1 amide bonds. The van der Waals surface area contributed by atoms with E-state index in [4.69, 9.17) is 18.9 Å². The lowest BCUT2D eigenvalue weighted by Crippen LogP contribution is -2.17. The van der Waals surface area contributed by atoms with Gasteiger partial charge in [0, 0.05) is 11.3 Å². The van der Waals surface area contributed by atoms with Crippen molar-refractivity contribution in [1.82, 2.24) is 0 Å². The van der Waals surface area contributed by atoms with Crippen molar-refractivity contribution in [3.05, 3.63) is 39.8 Å². The molecule has 1 aromatic heterocycles.